The minimum Gasteiger partial charge on any atom is -0.335 e. The average Bonchev–Trinajstić information content (AvgIpc) is 3.21. The number of carbonyl (C=O) groups excluding carboxylic acids is 6. The minimum atomic E-state index is -0.461. The zero-order valence-corrected chi connectivity index (χ0v) is 22.1. The molecule has 0 saturated heterocycles. The third-order valence-corrected chi connectivity index (χ3v) is 5.98. The van der Waals surface area contributed by atoms with E-state index in [-0.39, 0.29) is 69.8 Å². The molecule has 0 spiro atoms. The normalized spacial score (nSPS) is 12.7. The second-order valence-electron chi connectivity index (χ2n) is 9.27. The molecule has 0 atom stereocenters. The summed E-state index contributed by atoms with van der Waals surface area (Å²) >= 11 is 0. The molecule has 4 N–H and O–H groups in total. The maximum atomic E-state index is 13.0. The van der Waals surface area contributed by atoms with Crippen molar-refractivity contribution in [2.24, 2.45) is 17.4 Å². The van der Waals surface area contributed by atoms with E-state index in [0.29, 0.717) is 11.3 Å². The SMILES string of the molecule is CC(C)C(=O)CN(CCN)C(=O)CN(C)C(=O)CN(CCN)C(=O)Cc1ccc(N2C(=O)C=CC2=O)cc1. The highest BCUT2D eigenvalue weighted by Crippen LogP contribution is 2.20. The number of nitrogens with zero attached hydrogens (tertiary/aromatic N) is 4. The molecule has 0 bridgehead atoms. The lowest BCUT2D eigenvalue weighted by Crippen LogP contribution is -2.48. The number of hydrogen-bond acceptors (Lipinski definition) is 8. The van der Waals surface area contributed by atoms with Gasteiger partial charge in [-0.1, -0.05) is 26.0 Å². The number of Topliss-reactive ketones (excluding diaryl/α,β-unsaturated/α-hetero) is 1. The summed E-state index contributed by atoms with van der Waals surface area (Å²) in [5.41, 5.74) is 12.2. The van der Waals surface area contributed by atoms with Gasteiger partial charge in [-0.2, -0.15) is 0 Å². The van der Waals surface area contributed by atoms with E-state index in [1.807, 2.05) is 0 Å². The molecule has 12 nitrogen and oxygen atoms in total. The number of carbonyl (C=O) groups is 6. The third-order valence-electron chi connectivity index (χ3n) is 5.98. The van der Waals surface area contributed by atoms with Crippen LogP contribution in [0.3, 0.4) is 0 Å². The lowest BCUT2D eigenvalue weighted by atomic mass is 10.1. The Hall–Kier alpha value is -3.90. The first kappa shape index (κ1) is 30.3. The van der Waals surface area contributed by atoms with Crippen LogP contribution >= 0.6 is 0 Å². The Kier molecular flexibility index (Phi) is 11.3. The maximum Gasteiger partial charge on any atom is 0.258 e. The van der Waals surface area contributed by atoms with E-state index >= 15 is 0 Å². The van der Waals surface area contributed by atoms with Crippen LogP contribution in [0.2, 0.25) is 0 Å². The molecular formula is C26H36N6O6. The van der Waals surface area contributed by atoms with Crippen molar-refractivity contribution < 1.29 is 28.8 Å². The number of anilines is 1. The Labute approximate surface area is 222 Å². The van der Waals surface area contributed by atoms with Gasteiger partial charge in [0.25, 0.3) is 11.8 Å². The highest BCUT2D eigenvalue weighted by atomic mass is 16.2. The summed E-state index contributed by atoms with van der Waals surface area (Å²) in [6.07, 6.45) is 2.35. The van der Waals surface area contributed by atoms with Gasteiger partial charge in [0.15, 0.2) is 5.78 Å². The fraction of sp³-hybridized carbons (Fsp3) is 0.462. The first-order valence-corrected chi connectivity index (χ1v) is 12.4. The smallest absolute Gasteiger partial charge is 0.258 e. The van der Waals surface area contributed by atoms with Crippen molar-refractivity contribution in [2.75, 3.05) is 57.8 Å². The quantitative estimate of drug-likeness (QED) is 0.287. The van der Waals surface area contributed by atoms with E-state index in [0.717, 1.165) is 4.90 Å². The van der Waals surface area contributed by atoms with E-state index in [1.54, 1.807) is 38.1 Å². The molecule has 0 saturated carbocycles. The fourth-order valence-corrected chi connectivity index (χ4v) is 3.65. The molecule has 1 aliphatic rings. The first-order valence-electron chi connectivity index (χ1n) is 12.4. The zero-order valence-electron chi connectivity index (χ0n) is 22.1. The second kappa shape index (κ2) is 14.1. The highest BCUT2D eigenvalue weighted by Gasteiger charge is 2.26. The highest BCUT2D eigenvalue weighted by molar-refractivity contribution is 6.28. The molecular weight excluding hydrogens is 492 g/mol. The lowest BCUT2D eigenvalue weighted by molar-refractivity contribution is -0.143. The van der Waals surface area contributed by atoms with Crippen LogP contribution in [-0.4, -0.2) is 103 Å². The van der Waals surface area contributed by atoms with Gasteiger partial charge in [-0.25, -0.2) is 4.90 Å². The van der Waals surface area contributed by atoms with Gasteiger partial charge in [0.05, 0.1) is 31.7 Å². The molecule has 0 aromatic heterocycles. The molecule has 38 heavy (non-hydrogen) atoms. The van der Waals surface area contributed by atoms with Gasteiger partial charge in [-0.3, -0.25) is 28.8 Å². The summed E-state index contributed by atoms with van der Waals surface area (Å²) in [6, 6.07) is 6.40. The van der Waals surface area contributed by atoms with Crippen LogP contribution in [0, 0.1) is 5.92 Å². The van der Waals surface area contributed by atoms with Crippen LogP contribution < -0.4 is 16.4 Å². The molecule has 0 aliphatic carbocycles. The number of benzene rings is 1. The monoisotopic (exact) mass is 528 g/mol. The Morgan fingerprint density at radius 3 is 1.82 bits per heavy atom. The molecule has 1 heterocycles. The fourth-order valence-electron chi connectivity index (χ4n) is 3.65. The molecule has 2 rings (SSSR count). The summed E-state index contributed by atoms with van der Waals surface area (Å²) < 4.78 is 0. The predicted octanol–water partition coefficient (Wildman–Crippen LogP) is -1.08. The van der Waals surface area contributed by atoms with E-state index < -0.39 is 23.6 Å². The summed E-state index contributed by atoms with van der Waals surface area (Å²) in [5, 5.41) is 0. The molecule has 0 fully saturated rings. The molecule has 1 aliphatic heterocycles. The predicted molar refractivity (Wildman–Crippen MR) is 141 cm³/mol. The average molecular weight is 529 g/mol. The Morgan fingerprint density at radius 1 is 0.789 bits per heavy atom. The van der Waals surface area contributed by atoms with Gasteiger partial charge in [-0.15, -0.1) is 0 Å². The number of rotatable bonds is 14. The number of imide groups is 1. The van der Waals surface area contributed by atoms with Crippen LogP contribution in [-0.2, 0) is 35.2 Å². The number of nitrogens with two attached hydrogens (primary N) is 2. The standard InChI is InChI=1S/C26H36N6O6/c1-18(2)21(33)15-30(12-10-27)26(38)16-29(3)25(37)17-31(13-11-28)24(36)14-19-4-6-20(7-5-19)32-22(34)8-9-23(32)35/h4-9,18H,10-17,27-28H2,1-3H3. The zero-order chi connectivity index (χ0) is 28.4. The summed E-state index contributed by atoms with van der Waals surface area (Å²) in [7, 11) is 1.45. The van der Waals surface area contributed by atoms with Gasteiger partial charge in [-0.05, 0) is 17.7 Å². The van der Waals surface area contributed by atoms with Crippen LogP contribution in [0.25, 0.3) is 0 Å². The Morgan fingerprint density at radius 2 is 1.32 bits per heavy atom. The van der Waals surface area contributed by atoms with Crippen molar-refractivity contribution in [3.63, 3.8) is 0 Å². The van der Waals surface area contributed by atoms with E-state index in [4.69, 9.17) is 11.5 Å². The minimum absolute atomic E-state index is 0.0298. The largest absolute Gasteiger partial charge is 0.335 e. The number of likely N-dealkylation sites (N-methyl/N-ethyl adjacent to an activating group) is 1. The van der Waals surface area contributed by atoms with Crippen molar-refractivity contribution >= 4 is 41.0 Å². The lowest BCUT2D eigenvalue weighted by Gasteiger charge is -2.27. The summed E-state index contributed by atoms with van der Waals surface area (Å²) in [5.74, 6) is -2.45. The van der Waals surface area contributed by atoms with Gasteiger partial charge in [0, 0.05) is 51.3 Å². The van der Waals surface area contributed by atoms with E-state index in [9.17, 15) is 28.8 Å². The van der Waals surface area contributed by atoms with Crippen molar-refractivity contribution in [1.29, 1.82) is 0 Å². The van der Waals surface area contributed by atoms with Crippen molar-refractivity contribution in [2.45, 2.75) is 20.3 Å². The number of amides is 5. The second-order valence-corrected chi connectivity index (χ2v) is 9.27. The Bertz CT molecular complexity index is 1070. The number of ketones is 1. The third kappa shape index (κ3) is 8.32. The van der Waals surface area contributed by atoms with Crippen LogP contribution in [0.1, 0.15) is 19.4 Å². The van der Waals surface area contributed by atoms with Gasteiger partial charge >= 0.3 is 0 Å². The molecule has 0 unspecified atom stereocenters. The molecule has 0 radical (unpaired) electrons. The molecule has 1 aromatic carbocycles. The van der Waals surface area contributed by atoms with Gasteiger partial charge < -0.3 is 26.2 Å². The van der Waals surface area contributed by atoms with Crippen molar-refractivity contribution in [1.82, 2.24) is 14.7 Å². The molecule has 5 amide bonds. The molecule has 12 heteroatoms. The van der Waals surface area contributed by atoms with Crippen molar-refractivity contribution in [3.05, 3.63) is 42.0 Å². The summed E-state index contributed by atoms with van der Waals surface area (Å²) in [6.45, 7) is 3.50. The Balaban J connectivity index is 1.99. The maximum absolute atomic E-state index is 13.0. The molecule has 206 valence electrons. The van der Waals surface area contributed by atoms with Crippen LogP contribution in [0.15, 0.2) is 36.4 Å². The van der Waals surface area contributed by atoms with Crippen LogP contribution in [0.5, 0.6) is 0 Å². The number of hydrogen-bond donors (Lipinski definition) is 2. The van der Waals surface area contributed by atoms with Crippen molar-refractivity contribution in [3.8, 4) is 0 Å². The van der Waals surface area contributed by atoms with E-state index in [2.05, 4.69) is 0 Å². The van der Waals surface area contributed by atoms with Gasteiger partial charge in [0.1, 0.15) is 0 Å². The topological polar surface area (TPSA) is 167 Å². The van der Waals surface area contributed by atoms with E-state index in [1.165, 1.54) is 33.9 Å². The summed E-state index contributed by atoms with van der Waals surface area (Å²) in [4.78, 5) is 79.2. The van der Waals surface area contributed by atoms with Gasteiger partial charge in [0.2, 0.25) is 17.7 Å². The van der Waals surface area contributed by atoms with Crippen LogP contribution in [0.4, 0.5) is 5.69 Å². The molecule has 1 aromatic rings. The first-order chi connectivity index (χ1) is 18.0.